The van der Waals surface area contributed by atoms with Gasteiger partial charge in [0.2, 0.25) is 6.10 Å². The lowest BCUT2D eigenvalue weighted by molar-refractivity contribution is -0.180. The van der Waals surface area contributed by atoms with Gasteiger partial charge in [0.1, 0.15) is 6.61 Å². The van der Waals surface area contributed by atoms with Crippen molar-refractivity contribution in [2.45, 2.75) is 463 Å². The van der Waals surface area contributed by atoms with Gasteiger partial charge in [-0.15, -0.1) is 0 Å². The lowest BCUT2D eigenvalue weighted by atomic mass is 10.0. The van der Waals surface area contributed by atoms with Crippen molar-refractivity contribution in [2.75, 3.05) is 6.61 Å². The Labute approximate surface area is 550 Å². The highest BCUT2D eigenvalue weighted by Crippen LogP contribution is 2.29. The first-order valence-corrected chi connectivity index (χ1v) is 38.4. The minimum atomic E-state index is -1.55. The van der Waals surface area contributed by atoms with Crippen LogP contribution in [0.3, 0.4) is 0 Å². The van der Waals surface area contributed by atoms with Crippen molar-refractivity contribution in [3.63, 3.8) is 0 Å². The van der Waals surface area contributed by atoms with E-state index in [1.165, 1.54) is 257 Å². The second-order valence-electron chi connectivity index (χ2n) is 26.7. The van der Waals surface area contributed by atoms with Crippen LogP contribution in [-0.2, 0) is 47.7 Å². The summed E-state index contributed by atoms with van der Waals surface area (Å²) in [5, 5.41) is 0. The summed E-state index contributed by atoms with van der Waals surface area (Å²) in [4.78, 5) is 68.1. The standard InChI is InChI=1S/C78H146O10/c1-5-9-13-17-21-25-29-33-37-41-45-49-53-57-61-65-71(79)84-69-70(85-72(80)66-62-58-54-50-46-42-38-34-30-26-22-18-14-10-6-2)75-76(86-73(81)67-63-59-55-51-47-43-39-35-31-27-23-19-15-11-7-3)77(78(83)88-75)87-74(82)68-64-60-56-52-48-44-40-36-32-28-24-20-16-12-8-4/h70,75-77H,5-69H2,1-4H3/t70-,75-,76+,77-/m1/s1/i1D,2D,3D,4D. The highest BCUT2D eigenvalue weighted by atomic mass is 16.7. The number of rotatable bonds is 70. The third-order valence-corrected chi connectivity index (χ3v) is 18.2. The van der Waals surface area contributed by atoms with Crippen molar-refractivity contribution >= 4 is 29.8 Å². The highest BCUT2D eigenvalue weighted by Gasteiger charge is 2.54. The fraction of sp³-hybridized carbons (Fsp3) is 0.936. The van der Waals surface area contributed by atoms with E-state index in [1.54, 1.807) is 0 Å². The van der Waals surface area contributed by atoms with Crippen LogP contribution in [0.1, 0.15) is 444 Å². The summed E-state index contributed by atoms with van der Waals surface area (Å²) in [6.07, 6.45) is 63.8. The molecule has 0 unspecified atom stereocenters. The normalized spacial score (nSPS) is 15.8. The van der Waals surface area contributed by atoms with Gasteiger partial charge < -0.3 is 23.7 Å². The molecule has 1 rings (SSSR count). The lowest BCUT2D eigenvalue weighted by Crippen LogP contribution is -2.47. The summed E-state index contributed by atoms with van der Waals surface area (Å²) < 4.78 is 58.9. The largest absolute Gasteiger partial charge is 0.462 e. The van der Waals surface area contributed by atoms with E-state index in [-0.39, 0.29) is 25.7 Å². The summed E-state index contributed by atoms with van der Waals surface area (Å²) in [5.41, 5.74) is 0. The van der Waals surface area contributed by atoms with Crippen molar-refractivity contribution in [1.82, 2.24) is 0 Å². The van der Waals surface area contributed by atoms with Crippen LogP contribution in [0.15, 0.2) is 0 Å². The van der Waals surface area contributed by atoms with E-state index in [2.05, 4.69) is 0 Å². The zero-order valence-electron chi connectivity index (χ0n) is 61.7. The van der Waals surface area contributed by atoms with Crippen molar-refractivity contribution in [3.05, 3.63) is 0 Å². The number of carbonyl (C=O) groups is 5. The second-order valence-corrected chi connectivity index (χ2v) is 26.7. The number of cyclic esters (lactones) is 1. The van der Waals surface area contributed by atoms with Crippen molar-refractivity contribution in [1.29, 1.82) is 0 Å². The molecule has 0 radical (unpaired) electrons. The number of hydrogen-bond acceptors (Lipinski definition) is 10. The van der Waals surface area contributed by atoms with E-state index in [1.807, 2.05) is 0 Å². The van der Waals surface area contributed by atoms with Gasteiger partial charge in [0.25, 0.3) is 0 Å². The Morgan fingerprint density at radius 1 is 0.318 bits per heavy atom. The molecule has 1 aliphatic rings. The summed E-state index contributed by atoms with van der Waals surface area (Å²) >= 11 is 0. The smallest absolute Gasteiger partial charge is 0.352 e. The lowest BCUT2D eigenvalue weighted by Gasteiger charge is -2.27. The van der Waals surface area contributed by atoms with Gasteiger partial charge >= 0.3 is 29.8 Å². The molecule has 0 saturated carbocycles. The maximum atomic E-state index is 13.8. The zero-order valence-corrected chi connectivity index (χ0v) is 57.7. The predicted octanol–water partition coefficient (Wildman–Crippen LogP) is 24.2. The Bertz CT molecular complexity index is 1640. The van der Waals surface area contributed by atoms with Crippen LogP contribution in [-0.4, -0.2) is 60.9 Å². The maximum Gasteiger partial charge on any atom is 0.352 e. The Morgan fingerprint density at radius 2 is 0.545 bits per heavy atom. The first-order chi connectivity index (χ1) is 45.3. The number of hydrogen-bond donors (Lipinski definition) is 0. The van der Waals surface area contributed by atoms with Crippen molar-refractivity contribution < 1.29 is 53.1 Å². The quantitative estimate of drug-likeness (QED) is 0.0329. The molecule has 1 aliphatic heterocycles. The average Bonchev–Trinajstić information content (AvgIpc) is 1.66. The van der Waals surface area contributed by atoms with Gasteiger partial charge in [0, 0.05) is 31.2 Å². The fourth-order valence-corrected chi connectivity index (χ4v) is 12.5. The highest BCUT2D eigenvalue weighted by molar-refractivity contribution is 5.83. The SMILES string of the molecule is [2H]CCCCCCCCCCCCCCCCCC(=O)OC[C@@H](OC(=O)CCCCCCCCCCCCCCCCC[2H])[C@H]1OC(=O)[C@H](OC(=O)CCCCCCCCCCCCCCCCC[2H])[C@H]1OC(=O)CCCCCCCCCCCCCCCCC[2H]. The van der Waals surface area contributed by atoms with Crippen LogP contribution >= 0.6 is 0 Å². The molecule has 4 atom stereocenters. The monoisotopic (exact) mass is 1250 g/mol. The molecule has 0 aromatic heterocycles. The first-order valence-electron chi connectivity index (χ1n) is 41.2. The third kappa shape index (κ3) is 54.0. The van der Waals surface area contributed by atoms with Crippen LogP contribution in [0.4, 0.5) is 0 Å². The van der Waals surface area contributed by atoms with Crippen molar-refractivity contribution in [3.8, 4) is 0 Å². The molecule has 0 aromatic carbocycles. The van der Waals surface area contributed by atoms with Gasteiger partial charge in [0.15, 0.2) is 18.3 Å². The van der Waals surface area contributed by atoms with Crippen molar-refractivity contribution in [2.24, 2.45) is 0 Å². The Hall–Kier alpha value is -2.65. The third-order valence-electron chi connectivity index (χ3n) is 18.2. The van der Waals surface area contributed by atoms with E-state index in [9.17, 15) is 24.0 Å². The number of carbonyl (C=O) groups excluding carboxylic acids is 5. The molecule has 0 bridgehead atoms. The summed E-state index contributed by atoms with van der Waals surface area (Å²) in [5.74, 6) is -2.96. The fourth-order valence-electron chi connectivity index (χ4n) is 12.5. The van der Waals surface area contributed by atoms with E-state index in [0.29, 0.717) is 53.3 Å². The molecule has 0 spiro atoms. The zero-order chi connectivity index (χ0) is 66.5. The molecular formula is C78H146O10. The molecule has 1 fully saturated rings. The number of esters is 5. The molecule has 0 aliphatic carbocycles. The van der Waals surface area contributed by atoms with Gasteiger partial charge in [-0.2, -0.15) is 0 Å². The van der Waals surface area contributed by atoms with Crippen LogP contribution in [0.25, 0.3) is 0 Å². The topological polar surface area (TPSA) is 132 Å². The van der Waals surface area contributed by atoms with E-state index in [0.717, 1.165) is 103 Å². The molecule has 0 aromatic rings. The maximum absolute atomic E-state index is 13.8. The summed E-state index contributed by atoms with van der Waals surface area (Å²) in [6, 6.07) is 0. The Balaban J connectivity index is 2.89. The van der Waals surface area contributed by atoms with Crippen LogP contribution in [0, 0.1) is 0 Å². The predicted molar refractivity (Wildman–Crippen MR) is 369 cm³/mol. The van der Waals surface area contributed by atoms with E-state index in [4.69, 9.17) is 29.2 Å². The van der Waals surface area contributed by atoms with Crippen LogP contribution in [0.5, 0.6) is 0 Å². The molecule has 0 N–H and O–H groups in total. The molecule has 518 valence electrons. The minimum absolute atomic E-state index is 0.104. The molecule has 10 nitrogen and oxygen atoms in total. The molecule has 0 amide bonds. The van der Waals surface area contributed by atoms with Gasteiger partial charge in [-0.25, -0.2) is 4.79 Å². The Kier molecular flexibility index (Phi) is 56.9. The van der Waals surface area contributed by atoms with E-state index < -0.39 is 60.9 Å². The number of ether oxygens (including phenoxy) is 5. The molecule has 1 saturated heterocycles. The molecular weight excluding hydrogens is 1100 g/mol. The Morgan fingerprint density at radius 3 is 0.818 bits per heavy atom. The van der Waals surface area contributed by atoms with Gasteiger partial charge in [-0.3, -0.25) is 19.2 Å². The average molecular weight is 1250 g/mol. The molecule has 10 heteroatoms. The second kappa shape index (κ2) is 65.8. The summed E-state index contributed by atoms with van der Waals surface area (Å²) in [6.45, 7) is 1.80. The summed E-state index contributed by atoms with van der Waals surface area (Å²) in [7, 11) is 0. The van der Waals surface area contributed by atoms with Crippen LogP contribution < -0.4 is 0 Å². The molecule has 88 heavy (non-hydrogen) atoms. The number of unbranched alkanes of at least 4 members (excludes halogenated alkanes) is 56. The first kappa shape index (κ1) is 76.1. The molecule has 1 heterocycles. The van der Waals surface area contributed by atoms with Gasteiger partial charge in [-0.1, -0.05) is 387 Å². The minimum Gasteiger partial charge on any atom is -0.462 e. The van der Waals surface area contributed by atoms with Gasteiger partial charge in [-0.05, 0) is 25.7 Å². The van der Waals surface area contributed by atoms with E-state index >= 15 is 0 Å². The van der Waals surface area contributed by atoms with Gasteiger partial charge in [0.05, 0.1) is 0 Å². The van der Waals surface area contributed by atoms with Crippen LogP contribution in [0.2, 0.25) is 0 Å².